The Balaban J connectivity index is 1.44. The topological polar surface area (TPSA) is 107 Å². The van der Waals surface area contributed by atoms with Gasteiger partial charge in [0.15, 0.2) is 11.5 Å². The van der Waals surface area contributed by atoms with Gasteiger partial charge in [-0.2, -0.15) is 10.2 Å². The van der Waals surface area contributed by atoms with Crippen LogP contribution in [0.4, 0.5) is 11.5 Å². The highest BCUT2D eigenvalue weighted by Crippen LogP contribution is 2.16. The lowest BCUT2D eigenvalue weighted by Gasteiger charge is -2.06. The van der Waals surface area contributed by atoms with E-state index in [9.17, 15) is 9.59 Å². The fraction of sp³-hybridized carbons (Fsp3) is 0.100. The first-order valence-corrected chi connectivity index (χ1v) is 8.85. The molecule has 1 aromatic carbocycles. The number of hydrogen-bond donors (Lipinski definition) is 2. The van der Waals surface area contributed by atoms with Crippen molar-refractivity contribution in [3.63, 3.8) is 0 Å². The number of rotatable bonds is 6. The number of aryl methyl sites for hydroxylation is 1. The van der Waals surface area contributed by atoms with Crippen molar-refractivity contribution in [2.45, 2.75) is 6.54 Å². The summed E-state index contributed by atoms with van der Waals surface area (Å²) < 4.78 is 8.28. The Morgan fingerprint density at radius 1 is 1.07 bits per heavy atom. The van der Waals surface area contributed by atoms with Gasteiger partial charge in [0, 0.05) is 31.2 Å². The highest BCUT2D eigenvalue weighted by atomic mass is 16.3. The van der Waals surface area contributed by atoms with Crippen LogP contribution >= 0.6 is 0 Å². The largest absolute Gasteiger partial charge is 0.459 e. The third kappa shape index (κ3) is 4.24. The number of carbonyl (C=O) groups is 2. The van der Waals surface area contributed by atoms with Crippen molar-refractivity contribution in [2.75, 3.05) is 10.6 Å². The molecule has 0 aliphatic carbocycles. The smallest absolute Gasteiger partial charge is 0.292 e. The maximum atomic E-state index is 12.6. The average molecular weight is 390 g/mol. The van der Waals surface area contributed by atoms with Crippen LogP contribution in [0, 0.1) is 0 Å². The van der Waals surface area contributed by atoms with Crippen LogP contribution in [0.5, 0.6) is 0 Å². The Morgan fingerprint density at radius 3 is 2.72 bits per heavy atom. The summed E-state index contributed by atoms with van der Waals surface area (Å²) >= 11 is 0. The number of hydrogen-bond acceptors (Lipinski definition) is 5. The molecule has 0 atom stereocenters. The Kier molecular flexibility index (Phi) is 4.93. The second-order valence-electron chi connectivity index (χ2n) is 6.33. The van der Waals surface area contributed by atoms with Crippen molar-refractivity contribution in [1.29, 1.82) is 0 Å². The number of amides is 2. The van der Waals surface area contributed by atoms with E-state index in [1.54, 1.807) is 36.1 Å². The summed E-state index contributed by atoms with van der Waals surface area (Å²) in [6.07, 6.45) is 5.00. The van der Waals surface area contributed by atoms with Crippen LogP contribution in [0.25, 0.3) is 0 Å². The fourth-order valence-electron chi connectivity index (χ4n) is 2.80. The lowest BCUT2D eigenvalue weighted by atomic mass is 10.2. The van der Waals surface area contributed by atoms with Crippen molar-refractivity contribution >= 4 is 23.3 Å². The highest BCUT2D eigenvalue weighted by Gasteiger charge is 2.16. The van der Waals surface area contributed by atoms with Gasteiger partial charge in [-0.15, -0.1) is 0 Å². The zero-order chi connectivity index (χ0) is 20.2. The normalized spacial score (nSPS) is 10.7. The number of nitrogens with one attached hydrogen (secondary N) is 2. The Bertz CT molecular complexity index is 1130. The van der Waals surface area contributed by atoms with E-state index in [1.165, 1.54) is 17.0 Å². The number of nitrogens with zero attached hydrogens (tertiary/aromatic N) is 4. The number of furan rings is 1. The first kappa shape index (κ1) is 18.2. The highest BCUT2D eigenvalue weighted by molar-refractivity contribution is 6.05. The molecule has 0 spiro atoms. The molecule has 146 valence electrons. The second-order valence-corrected chi connectivity index (χ2v) is 6.33. The molecule has 0 saturated carbocycles. The third-order valence-corrected chi connectivity index (χ3v) is 4.19. The van der Waals surface area contributed by atoms with Crippen molar-refractivity contribution in [3.05, 3.63) is 84.2 Å². The van der Waals surface area contributed by atoms with E-state index in [2.05, 4.69) is 20.8 Å². The molecule has 0 bridgehead atoms. The standard InChI is InChI=1S/C20H18N6O3/c1-25-18(23-20(28)17-7-3-10-29-17)12-16(24-25)19(27)22-15-6-2-5-14(11-15)13-26-9-4-8-21-26/h2-12H,13H2,1H3,(H,22,27)(H,23,28). The molecule has 0 aliphatic heterocycles. The Labute approximate surface area is 165 Å². The zero-order valence-corrected chi connectivity index (χ0v) is 15.6. The number of carbonyl (C=O) groups excluding carboxylic acids is 2. The summed E-state index contributed by atoms with van der Waals surface area (Å²) in [5.74, 6) is -0.248. The van der Waals surface area contributed by atoms with Crippen LogP contribution in [0.2, 0.25) is 0 Å². The van der Waals surface area contributed by atoms with E-state index in [1.807, 2.05) is 30.5 Å². The van der Waals surface area contributed by atoms with Gasteiger partial charge in [0.2, 0.25) is 0 Å². The van der Waals surface area contributed by atoms with E-state index in [-0.39, 0.29) is 17.4 Å². The van der Waals surface area contributed by atoms with E-state index in [4.69, 9.17) is 4.42 Å². The minimum absolute atomic E-state index is 0.172. The zero-order valence-electron chi connectivity index (χ0n) is 15.6. The summed E-state index contributed by atoms with van der Waals surface area (Å²) in [6, 6.07) is 14.0. The minimum atomic E-state index is -0.420. The van der Waals surface area contributed by atoms with Crippen LogP contribution in [-0.4, -0.2) is 31.4 Å². The molecule has 3 heterocycles. The van der Waals surface area contributed by atoms with Crippen molar-refractivity contribution in [3.8, 4) is 0 Å². The number of benzene rings is 1. The molecular formula is C20H18N6O3. The molecule has 29 heavy (non-hydrogen) atoms. The first-order chi connectivity index (χ1) is 14.1. The van der Waals surface area contributed by atoms with Gasteiger partial charge in [0.25, 0.3) is 11.8 Å². The van der Waals surface area contributed by atoms with Gasteiger partial charge >= 0.3 is 0 Å². The molecule has 9 heteroatoms. The fourth-order valence-corrected chi connectivity index (χ4v) is 2.80. The quantitative estimate of drug-likeness (QED) is 0.526. The van der Waals surface area contributed by atoms with Gasteiger partial charge < -0.3 is 15.1 Å². The molecule has 0 radical (unpaired) electrons. The van der Waals surface area contributed by atoms with Crippen molar-refractivity contribution < 1.29 is 14.0 Å². The molecule has 0 aliphatic rings. The monoisotopic (exact) mass is 390 g/mol. The number of aromatic nitrogens is 4. The lowest BCUT2D eigenvalue weighted by molar-refractivity contribution is 0.0993. The van der Waals surface area contributed by atoms with Crippen LogP contribution in [-0.2, 0) is 13.6 Å². The van der Waals surface area contributed by atoms with Gasteiger partial charge in [0.05, 0.1) is 12.8 Å². The minimum Gasteiger partial charge on any atom is -0.459 e. The van der Waals surface area contributed by atoms with Gasteiger partial charge in [-0.1, -0.05) is 12.1 Å². The van der Waals surface area contributed by atoms with Gasteiger partial charge in [-0.25, -0.2) is 0 Å². The lowest BCUT2D eigenvalue weighted by Crippen LogP contribution is -2.13. The van der Waals surface area contributed by atoms with Crippen LogP contribution in [0.3, 0.4) is 0 Å². The summed E-state index contributed by atoms with van der Waals surface area (Å²) in [7, 11) is 1.64. The Hall–Kier alpha value is -4.14. The molecule has 0 fully saturated rings. The summed E-state index contributed by atoms with van der Waals surface area (Å²) in [5.41, 5.74) is 1.82. The summed E-state index contributed by atoms with van der Waals surface area (Å²) in [4.78, 5) is 24.7. The SMILES string of the molecule is Cn1nc(C(=O)Nc2cccc(Cn3cccn3)c2)cc1NC(=O)c1ccco1. The van der Waals surface area contributed by atoms with Crippen LogP contribution < -0.4 is 10.6 Å². The van der Waals surface area contributed by atoms with Crippen molar-refractivity contribution in [1.82, 2.24) is 19.6 Å². The molecule has 9 nitrogen and oxygen atoms in total. The van der Waals surface area contributed by atoms with Gasteiger partial charge in [-0.05, 0) is 35.9 Å². The number of anilines is 2. The first-order valence-electron chi connectivity index (χ1n) is 8.85. The second kappa shape index (κ2) is 7.85. The Morgan fingerprint density at radius 2 is 1.97 bits per heavy atom. The average Bonchev–Trinajstić information content (AvgIpc) is 3.45. The molecule has 3 aromatic heterocycles. The van der Waals surface area contributed by atoms with Gasteiger partial charge in [0.1, 0.15) is 5.82 Å². The van der Waals surface area contributed by atoms with E-state index in [0.29, 0.717) is 18.1 Å². The van der Waals surface area contributed by atoms with Crippen molar-refractivity contribution in [2.24, 2.45) is 7.05 Å². The maximum absolute atomic E-state index is 12.6. The molecule has 0 saturated heterocycles. The maximum Gasteiger partial charge on any atom is 0.292 e. The van der Waals surface area contributed by atoms with Crippen LogP contribution in [0.1, 0.15) is 26.6 Å². The predicted octanol–water partition coefficient (Wildman–Crippen LogP) is 2.76. The molecular weight excluding hydrogens is 372 g/mol. The molecule has 2 amide bonds. The molecule has 2 N–H and O–H groups in total. The van der Waals surface area contributed by atoms with Gasteiger partial charge in [-0.3, -0.25) is 19.0 Å². The third-order valence-electron chi connectivity index (χ3n) is 4.19. The van der Waals surface area contributed by atoms with E-state index < -0.39 is 5.91 Å². The molecule has 4 aromatic rings. The van der Waals surface area contributed by atoms with Crippen LogP contribution in [0.15, 0.2) is 71.6 Å². The summed E-state index contributed by atoms with van der Waals surface area (Å²) in [6.45, 7) is 0.600. The van der Waals surface area contributed by atoms with E-state index >= 15 is 0 Å². The molecule has 0 unspecified atom stereocenters. The van der Waals surface area contributed by atoms with E-state index in [0.717, 1.165) is 5.56 Å². The summed E-state index contributed by atoms with van der Waals surface area (Å²) in [5, 5.41) is 13.8. The molecule has 4 rings (SSSR count). The predicted molar refractivity (Wildman–Crippen MR) is 106 cm³/mol.